The highest BCUT2D eigenvalue weighted by molar-refractivity contribution is 6.86. The van der Waals surface area contributed by atoms with Gasteiger partial charge in [0.05, 0.1) is 0 Å². The van der Waals surface area contributed by atoms with Crippen LogP contribution in [0.15, 0.2) is 0 Å². The van der Waals surface area contributed by atoms with E-state index >= 15 is 0 Å². The summed E-state index contributed by atoms with van der Waals surface area (Å²) in [5.41, 5.74) is 0. The molecule has 0 rings (SSSR count). The zero-order valence-corrected chi connectivity index (χ0v) is 16.9. The van der Waals surface area contributed by atoms with Gasteiger partial charge in [-0.3, -0.25) is 4.79 Å². The van der Waals surface area contributed by atoms with Crippen LogP contribution in [0.1, 0.15) is 19.8 Å². The van der Waals surface area contributed by atoms with Crippen molar-refractivity contribution in [2.45, 2.75) is 65.1 Å². The van der Waals surface area contributed by atoms with E-state index in [-0.39, 0.29) is 12.6 Å². The molecule has 120 valence electrons. The summed E-state index contributed by atoms with van der Waals surface area (Å²) in [5.74, 6) is -0.300. The highest BCUT2D eigenvalue weighted by atomic mass is 28.5. The number of hydrogen-bond donors (Lipinski definition) is 1. The Morgan fingerprint density at radius 1 is 0.950 bits per heavy atom. The number of rotatable bonds is 9. The average molecular weight is 339 g/mol. The molecular weight excluding hydrogens is 308 g/mol. The minimum atomic E-state index is -2.47. The maximum absolute atomic E-state index is 11.1. The fourth-order valence-corrected chi connectivity index (χ4v) is 15.3. The number of unbranched alkanes of at least 4 members (excludes halogenated alkanes) is 1. The van der Waals surface area contributed by atoms with Gasteiger partial charge in [-0.25, -0.2) is 0 Å². The molecule has 0 bridgehead atoms. The van der Waals surface area contributed by atoms with Crippen molar-refractivity contribution in [2.24, 2.45) is 0 Å². The van der Waals surface area contributed by atoms with Gasteiger partial charge in [0.1, 0.15) is 0 Å². The van der Waals surface area contributed by atoms with Gasteiger partial charge in [-0.1, -0.05) is 6.42 Å². The molecule has 0 aliphatic carbocycles. The molecule has 0 aliphatic rings. The van der Waals surface area contributed by atoms with E-state index in [1.54, 1.807) is 0 Å². The Morgan fingerprint density at radius 3 is 1.95 bits per heavy atom. The lowest BCUT2D eigenvalue weighted by molar-refractivity contribution is -0.133. The third kappa shape index (κ3) is 9.83. The van der Waals surface area contributed by atoms with Gasteiger partial charge < -0.3 is 17.8 Å². The topological polar surface area (TPSA) is 65.0 Å². The van der Waals surface area contributed by atoms with Gasteiger partial charge >= 0.3 is 17.1 Å². The third-order valence-electron chi connectivity index (χ3n) is 2.59. The van der Waals surface area contributed by atoms with E-state index in [0.29, 0.717) is 0 Å². The molecule has 20 heavy (non-hydrogen) atoms. The van der Waals surface area contributed by atoms with Crippen LogP contribution in [0.2, 0.25) is 45.3 Å². The Bertz CT molecular complexity index is 318. The van der Waals surface area contributed by atoms with Crippen molar-refractivity contribution >= 4 is 31.4 Å². The summed E-state index contributed by atoms with van der Waals surface area (Å²) >= 11 is 0. The minimum Gasteiger partial charge on any atom is -0.495 e. The normalized spacial score (nSPS) is 13.4. The predicted octanol–water partition coefficient (Wildman–Crippen LogP) is 2.96. The molecule has 0 aliphatic heterocycles. The van der Waals surface area contributed by atoms with Crippen molar-refractivity contribution in [1.29, 1.82) is 0 Å². The standard InChI is InChI=1S/C12H30O5Si3/c1-12(14)15-19(4,5)17-20(6,7)16-18(2,3)11-9-8-10-13/h13H,8-11H2,1-7H3. The van der Waals surface area contributed by atoms with Crippen molar-refractivity contribution in [3.05, 3.63) is 0 Å². The summed E-state index contributed by atoms with van der Waals surface area (Å²) < 4.78 is 17.7. The van der Waals surface area contributed by atoms with E-state index in [1.165, 1.54) is 6.92 Å². The summed E-state index contributed by atoms with van der Waals surface area (Å²) in [7, 11) is -6.60. The van der Waals surface area contributed by atoms with Gasteiger partial charge in [0, 0.05) is 13.5 Å². The molecule has 5 nitrogen and oxygen atoms in total. The van der Waals surface area contributed by atoms with Crippen LogP contribution in [0, 0.1) is 0 Å². The number of aliphatic hydroxyl groups excluding tert-OH is 1. The molecule has 8 heteroatoms. The predicted molar refractivity (Wildman–Crippen MR) is 87.5 cm³/mol. The maximum Gasteiger partial charge on any atom is 0.386 e. The first-order chi connectivity index (χ1) is 8.89. The van der Waals surface area contributed by atoms with Crippen LogP contribution in [-0.2, 0) is 17.5 Å². The number of carbonyl (C=O) groups is 1. The SMILES string of the molecule is CC(=O)O[Si](C)(C)O[Si](C)(C)O[Si](C)(C)CCCCO. The number of carbonyl (C=O) groups excluding carboxylic acids is 1. The van der Waals surface area contributed by atoms with Gasteiger partial charge in [-0.2, -0.15) is 0 Å². The smallest absolute Gasteiger partial charge is 0.386 e. The first-order valence-corrected chi connectivity index (χ1v) is 15.8. The quantitative estimate of drug-likeness (QED) is 0.517. The number of aliphatic hydroxyl groups is 1. The van der Waals surface area contributed by atoms with Gasteiger partial charge in [0.25, 0.3) is 5.97 Å². The lowest BCUT2D eigenvalue weighted by atomic mass is 10.4. The Labute approximate surface area is 126 Å². The highest BCUT2D eigenvalue weighted by Gasteiger charge is 2.41. The Morgan fingerprint density at radius 2 is 1.50 bits per heavy atom. The van der Waals surface area contributed by atoms with Crippen molar-refractivity contribution in [3.8, 4) is 0 Å². The van der Waals surface area contributed by atoms with Crippen molar-refractivity contribution < 1.29 is 22.6 Å². The first kappa shape index (κ1) is 20.0. The van der Waals surface area contributed by atoms with Crippen LogP contribution in [0.4, 0.5) is 0 Å². The molecule has 0 unspecified atom stereocenters. The second-order valence-corrected chi connectivity index (χ2v) is 18.0. The molecule has 0 saturated heterocycles. The summed E-state index contributed by atoms with van der Waals surface area (Å²) in [6, 6.07) is 1.00. The zero-order valence-electron chi connectivity index (χ0n) is 13.9. The largest absolute Gasteiger partial charge is 0.495 e. The van der Waals surface area contributed by atoms with Crippen LogP contribution in [0.25, 0.3) is 0 Å². The van der Waals surface area contributed by atoms with E-state index in [2.05, 4.69) is 13.1 Å². The van der Waals surface area contributed by atoms with Gasteiger partial charge in [0.15, 0.2) is 8.32 Å². The molecule has 0 aromatic heterocycles. The second-order valence-electron chi connectivity index (χ2n) is 6.54. The second kappa shape index (κ2) is 7.85. The molecule has 0 fully saturated rings. The van der Waals surface area contributed by atoms with Crippen LogP contribution < -0.4 is 0 Å². The first-order valence-electron chi connectivity index (χ1n) is 7.10. The monoisotopic (exact) mass is 338 g/mol. The molecule has 0 saturated carbocycles. The number of hydrogen-bond acceptors (Lipinski definition) is 5. The summed E-state index contributed by atoms with van der Waals surface area (Å²) in [6.45, 7) is 13.7. The maximum atomic E-state index is 11.1. The fraction of sp³-hybridized carbons (Fsp3) is 0.917. The molecule has 0 spiro atoms. The van der Waals surface area contributed by atoms with E-state index in [0.717, 1.165) is 18.9 Å². The molecule has 1 N–H and O–H groups in total. The molecular formula is C12H30O5Si3. The van der Waals surface area contributed by atoms with Gasteiger partial charge in [0.2, 0.25) is 0 Å². The van der Waals surface area contributed by atoms with Crippen molar-refractivity contribution in [1.82, 2.24) is 0 Å². The fourth-order valence-electron chi connectivity index (χ4n) is 2.36. The van der Waals surface area contributed by atoms with Crippen LogP contribution >= 0.6 is 0 Å². The van der Waals surface area contributed by atoms with E-state index in [1.807, 2.05) is 26.2 Å². The molecule has 0 amide bonds. The Balaban J connectivity index is 4.52. The summed E-state index contributed by atoms with van der Waals surface area (Å²) in [5, 5.41) is 8.85. The lowest BCUT2D eigenvalue weighted by Crippen LogP contribution is -2.53. The van der Waals surface area contributed by atoms with Gasteiger partial charge in [-0.05, 0) is 51.7 Å². The van der Waals surface area contributed by atoms with Crippen LogP contribution in [0.3, 0.4) is 0 Å². The van der Waals surface area contributed by atoms with E-state index in [4.69, 9.17) is 17.8 Å². The van der Waals surface area contributed by atoms with Gasteiger partial charge in [-0.15, -0.1) is 0 Å². The third-order valence-corrected chi connectivity index (χ3v) is 13.0. The van der Waals surface area contributed by atoms with E-state index < -0.39 is 25.4 Å². The Kier molecular flexibility index (Phi) is 7.85. The van der Waals surface area contributed by atoms with E-state index in [9.17, 15) is 4.79 Å². The average Bonchev–Trinajstić information content (AvgIpc) is 2.10. The summed E-state index contributed by atoms with van der Waals surface area (Å²) in [6.07, 6.45) is 1.79. The molecule has 0 aromatic carbocycles. The van der Waals surface area contributed by atoms with Crippen LogP contribution in [0.5, 0.6) is 0 Å². The molecule has 0 heterocycles. The lowest BCUT2D eigenvalue weighted by Gasteiger charge is -2.37. The summed E-state index contributed by atoms with van der Waals surface area (Å²) in [4.78, 5) is 11.1. The molecule has 0 radical (unpaired) electrons. The molecule has 0 atom stereocenters. The van der Waals surface area contributed by atoms with Crippen LogP contribution in [-0.4, -0.2) is 43.1 Å². The van der Waals surface area contributed by atoms with Crippen molar-refractivity contribution in [2.75, 3.05) is 6.61 Å². The minimum absolute atomic E-state index is 0.230. The zero-order chi connectivity index (χ0) is 16.0. The molecule has 0 aromatic rings. The Hall–Kier alpha value is 0.000649. The van der Waals surface area contributed by atoms with Crippen molar-refractivity contribution in [3.63, 3.8) is 0 Å². The highest BCUT2D eigenvalue weighted by Crippen LogP contribution is 2.24.